The number of carbonyl (C=O) groups is 4. The highest BCUT2D eigenvalue weighted by atomic mass is 16.6. The van der Waals surface area contributed by atoms with Crippen LogP contribution in [0.3, 0.4) is 0 Å². The smallest absolute Gasteiger partial charge is 0.410 e. The van der Waals surface area contributed by atoms with E-state index in [-0.39, 0.29) is 29.9 Å². The summed E-state index contributed by atoms with van der Waals surface area (Å²) in [4.78, 5) is 52.6. The zero-order valence-corrected chi connectivity index (χ0v) is 19.4. The van der Waals surface area contributed by atoms with Crippen molar-refractivity contribution in [1.29, 1.82) is 0 Å². The number of amides is 5. The molecule has 9 heteroatoms. The van der Waals surface area contributed by atoms with E-state index in [1.165, 1.54) is 4.90 Å². The number of likely N-dealkylation sites (tertiary alicyclic amines) is 1. The molecule has 0 bridgehead atoms. The van der Waals surface area contributed by atoms with Gasteiger partial charge in [0.05, 0.1) is 11.1 Å². The van der Waals surface area contributed by atoms with Crippen LogP contribution in [0.4, 0.5) is 15.3 Å². The SMILES string of the molecule is CC(C)CN1C(=O)c2ccc(NC(=O)NC3CCN(C(=O)OC(C)(C)C)CC3)cc2C1=O. The summed E-state index contributed by atoms with van der Waals surface area (Å²) in [7, 11) is 0. The quantitative estimate of drug-likeness (QED) is 0.692. The fraction of sp³-hybridized carbons (Fsp3) is 0.565. The van der Waals surface area contributed by atoms with Gasteiger partial charge in [0, 0.05) is 31.4 Å². The Balaban J connectivity index is 1.53. The van der Waals surface area contributed by atoms with Crippen LogP contribution in [0.25, 0.3) is 0 Å². The Hall–Kier alpha value is -3.10. The fourth-order valence-corrected chi connectivity index (χ4v) is 3.78. The molecule has 1 fully saturated rings. The molecule has 0 spiro atoms. The Bertz CT molecular complexity index is 913. The summed E-state index contributed by atoms with van der Waals surface area (Å²) in [6, 6.07) is 4.27. The number of carbonyl (C=O) groups excluding carboxylic acids is 4. The minimum atomic E-state index is -0.542. The molecule has 1 aromatic carbocycles. The Labute approximate surface area is 188 Å². The molecule has 0 aromatic heterocycles. The van der Waals surface area contributed by atoms with E-state index in [1.807, 2.05) is 34.6 Å². The predicted octanol–water partition coefficient (Wildman–Crippen LogP) is 3.46. The molecule has 5 amide bonds. The molecule has 2 N–H and O–H groups in total. The van der Waals surface area contributed by atoms with Crippen LogP contribution in [0.1, 0.15) is 68.2 Å². The molecule has 0 radical (unpaired) electrons. The Kier molecular flexibility index (Phi) is 6.76. The van der Waals surface area contributed by atoms with Crippen molar-refractivity contribution in [3.05, 3.63) is 29.3 Å². The summed E-state index contributed by atoms with van der Waals surface area (Å²) in [5.41, 5.74) is 0.565. The third kappa shape index (κ3) is 5.57. The number of nitrogens with zero attached hydrogens (tertiary/aromatic N) is 2. The number of piperidine rings is 1. The largest absolute Gasteiger partial charge is 0.444 e. The average Bonchev–Trinajstić information content (AvgIpc) is 2.91. The first-order chi connectivity index (χ1) is 14.9. The molecule has 0 saturated carbocycles. The molecule has 1 aromatic rings. The zero-order chi connectivity index (χ0) is 23.6. The number of hydrogen-bond acceptors (Lipinski definition) is 5. The third-order valence-electron chi connectivity index (χ3n) is 5.26. The summed E-state index contributed by atoms with van der Waals surface area (Å²) in [5, 5.41) is 5.64. The lowest BCUT2D eigenvalue weighted by Gasteiger charge is -2.33. The van der Waals surface area contributed by atoms with E-state index in [1.54, 1.807) is 23.1 Å². The second-order valence-corrected chi connectivity index (χ2v) is 9.72. The molecule has 2 aliphatic rings. The second-order valence-electron chi connectivity index (χ2n) is 9.72. The fourth-order valence-electron chi connectivity index (χ4n) is 3.78. The molecule has 1 saturated heterocycles. The van der Waals surface area contributed by atoms with Gasteiger partial charge in [-0.25, -0.2) is 9.59 Å². The van der Waals surface area contributed by atoms with Crippen molar-refractivity contribution in [2.24, 2.45) is 5.92 Å². The van der Waals surface area contributed by atoms with Gasteiger partial charge in [-0.15, -0.1) is 0 Å². The van der Waals surface area contributed by atoms with Gasteiger partial charge in [-0.1, -0.05) is 13.8 Å². The molecular formula is C23H32N4O5. The molecule has 2 heterocycles. The monoisotopic (exact) mass is 444 g/mol. The molecule has 0 unspecified atom stereocenters. The van der Waals surface area contributed by atoms with Crippen molar-refractivity contribution in [3.8, 4) is 0 Å². The zero-order valence-electron chi connectivity index (χ0n) is 19.4. The van der Waals surface area contributed by atoms with Gasteiger partial charge in [0.1, 0.15) is 5.60 Å². The van der Waals surface area contributed by atoms with E-state index >= 15 is 0 Å². The van der Waals surface area contributed by atoms with Crippen LogP contribution >= 0.6 is 0 Å². The van der Waals surface area contributed by atoms with Crippen molar-refractivity contribution in [2.45, 2.75) is 59.1 Å². The first-order valence-corrected chi connectivity index (χ1v) is 11.0. The van der Waals surface area contributed by atoms with E-state index in [4.69, 9.17) is 4.74 Å². The van der Waals surface area contributed by atoms with E-state index in [0.29, 0.717) is 49.3 Å². The number of benzene rings is 1. The van der Waals surface area contributed by atoms with Crippen molar-refractivity contribution < 1.29 is 23.9 Å². The first-order valence-electron chi connectivity index (χ1n) is 11.0. The molecule has 2 aliphatic heterocycles. The molecule has 3 rings (SSSR count). The number of urea groups is 1. The van der Waals surface area contributed by atoms with Crippen LogP contribution in [0.5, 0.6) is 0 Å². The molecule has 0 aliphatic carbocycles. The maximum absolute atomic E-state index is 12.6. The highest BCUT2D eigenvalue weighted by Gasteiger charge is 2.36. The maximum atomic E-state index is 12.6. The van der Waals surface area contributed by atoms with Crippen molar-refractivity contribution in [3.63, 3.8) is 0 Å². The lowest BCUT2D eigenvalue weighted by Crippen LogP contribution is -2.48. The number of imide groups is 1. The van der Waals surface area contributed by atoms with Crippen LogP contribution in [-0.4, -0.2) is 65.0 Å². The van der Waals surface area contributed by atoms with Gasteiger partial charge >= 0.3 is 12.1 Å². The molecule has 0 atom stereocenters. The van der Waals surface area contributed by atoms with Crippen LogP contribution < -0.4 is 10.6 Å². The van der Waals surface area contributed by atoms with Crippen molar-refractivity contribution in [1.82, 2.24) is 15.1 Å². The third-order valence-corrected chi connectivity index (χ3v) is 5.26. The van der Waals surface area contributed by atoms with Crippen molar-refractivity contribution >= 4 is 29.6 Å². The Morgan fingerprint density at radius 2 is 1.72 bits per heavy atom. The van der Waals surface area contributed by atoms with Gasteiger partial charge in [0.15, 0.2) is 0 Å². The topological polar surface area (TPSA) is 108 Å². The first kappa shape index (κ1) is 23.6. The Morgan fingerprint density at radius 1 is 1.09 bits per heavy atom. The minimum Gasteiger partial charge on any atom is -0.444 e. The molecule has 32 heavy (non-hydrogen) atoms. The normalized spacial score (nSPS) is 16.9. The number of anilines is 1. The van der Waals surface area contributed by atoms with E-state index in [0.717, 1.165) is 0 Å². The average molecular weight is 445 g/mol. The number of nitrogens with one attached hydrogen (secondary N) is 2. The van der Waals surface area contributed by atoms with Gasteiger partial charge < -0.3 is 20.3 Å². The predicted molar refractivity (Wildman–Crippen MR) is 120 cm³/mol. The Morgan fingerprint density at radius 3 is 2.31 bits per heavy atom. The van der Waals surface area contributed by atoms with Crippen molar-refractivity contribution in [2.75, 3.05) is 25.0 Å². The standard InChI is InChI=1S/C23H32N4O5/c1-14(2)13-27-19(28)17-7-6-16(12-18(17)20(27)29)25-21(30)24-15-8-10-26(11-9-15)22(31)32-23(3,4)5/h6-7,12,14-15H,8-11,13H2,1-5H3,(H2,24,25,30). The van der Waals surface area contributed by atoms with Crippen LogP contribution in [-0.2, 0) is 4.74 Å². The maximum Gasteiger partial charge on any atom is 0.410 e. The van der Waals surface area contributed by atoms with E-state index in [2.05, 4.69) is 10.6 Å². The van der Waals surface area contributed by atoms with E-state index < -0.39 is 11.6 Å². The number of rotatable bonds is 4. The second kappa shape index (κ2) is 9.18. The van der Waals surface area contributed by atoms with Crippen LogP contribution in [0, 0.1) is 5.92 Å². The lowest BCUT2D eigenvalue weighted by molar-refractivity contribution is 0.0201. The summed E-state index contributed by atoms with van der Waals surface area (Å²) in [6.45, 7) is 10.7. The highest BCUT2D eigenvalue weighted by Crippen LogP contribution is 2.26. The molecule has 174 valence electrons. The molecule has 9 nitrogen and oxygen atoms in total. The van der Waals surface area contributed by atoms with Gasteiger partial charge in [-0.3, -0.25) is 14.5 Å². The summed E-state index contributed by atoms with van der Waals surface area (Å²) in [6.07, 6.45) is 0.895. The summed E-state index contributed by atoms with van der Waals surface area (Å²) in [5.74, 6) is -0.467. The van der Waals surface area contributed by atoms with Crippen LogP contribution in [0.15, 0.2) is 18.2 Å². The number of fused-ring (bicyclic) bond motifs is 1. The van der Waals surface area contributed by atoms with Gasteiger partial charge in [-0.2, -0.15) is 0 Å². The lowest BCUT2D eigenvalue weighted by atomic mass is 10.1. The number of hydrogen-bond donors (Lipinski definition) is 2. The highest BCUT2D eigenvalue weighted by molar-refractivity contribution is 6.21. The minimum absolute atomic E-state index is 0.0761. The number of ether oxygens (including phenoxy) is 1. The summed E-state index contributed by atoms with van der Waals surface area (Å²) < 4.78 is 5.39. The van der Waals surface area contributed by atoms with Crippen LogP contribution in [0.2, 0.25) is 0 Å². The van der Waals surface area contributed by atoms with E-state index in [9.17, 15) is 19.2 Å². The van der Waals surface area contributed by atoms with Gasteiger partial charge in [0.2, 0.25) is 0 Å². The van der Waals surface area contributed by atoms with Gasteiger partial charge in [-0.05, 0) is 57.7 Å². The molecular weight excluding hydrogens is 412 g/mol. The summed E-state index contributed by atoms with van der Waals surface area (Å²) >= 11 is 0. The van der Waals surface area contributed by atoms with Gasteiger partial charge in [0.25, 0.3) is 11.8 Å².